The maximum absolute atomic E-state index is 11.6. The number of ether oxygens (including phenoxy) is 1. The van der Waals surface area contributed by atoms with Crippen molar-refractivity contribution in [3.63, 3.8) is 0 Å². The molecule has 0 radical (unpaired) electrons. The van der Waals surface area contributed by atoms with E-state index in [1.54, 1.807) is 4.90 Å². The zero-order valence-corrected chi connectivity index (χ0v) is 9.60. The first-order valence-corrected chi connectivity index (χ1v) is 6.01. The van der Waals surface area contributed by atoms with Gasteiger partial charge in [0.15, 0.2) is 0 Å². The Bertz CT molecular complexity index is 241. The van der Waals surface area contributed by atoms with Crippen molar-refractivity contribution >= 4 is 5.91 Å². The van der Waals surface area contributed by atoms with Crippen molar-refractivity contribution in [2.75, 3.05) is 46.0 Å². The molecule has 2 fully saturated rings. The second-order valence-electron chi connectivity index (χ2n) is 4.49. The lowest BCUT2D eigenvalue weighted by Crippen LogP contribution is -2.53. The number of likely N-dealkylation sites (tertiary alicyclic amines) is 1. The van der Waals surface area contributed by atoms with Crippen molar-refractivity contribution in [2.45, 2.75) is 18.9 Å². The number of nitrogens with zero attached hydrogens (tertiary/aromatic N) is 2. The van der Waals surface area contributed by atoms with Crippen LogP contribution in [0.25, 0.3) is 0 Å². The molecule has 2 aliphatic rings. The summed E-state index contributed by atoms with van der Waals surface area (Å²) < 4.78 is 5.12. The largest absolute Gasteiger partial charge is 0.394 e. The Morgan fingerprint density at radius 2 is 2.06 bits per heavy atom. The smallest absolute Gasteiger partial charge is 0.249 e. The molecular weight excluding hydrogens is 208 g/mol. The minimum absolute atomic E-state index is 0.00416. The summed E-state index contributed by atoms with van der Waals surface area (Å²) in [5.41, 5.74) is 0. The molecule has 16 heavy (non-hydrogen) atoms. The van der Waals surface area contributed by atoms with E-state index in [4.69, 9.17) is 4.74 Å². The fourth-order valence-corrected chi connectivity index (χ4v) is 2.37. The van der Waals surface area contributed by atoms with Gasteiger partial charge in [0.25, 0.3) is 0 Å². The third kappa shape index (κ3) is 2.72. The van der Waals surface area contributed by atoms with Crippen LogP contribution in [-0.4, -0.2) is 72.9 Å². The molecule has 0 aromatic rings. The first-order chi connectivity index (χ1) is 7.81. The Hall–Kier alpha value is -0.650. The quantitative estimate of drug-likeness (QED) is 0.691. The molecule has 5 heteroatoms. The van der Waals surface area contributed by atoms with Crippen LogP contribution < -0.4 is 0 Å². The normalized spacial score (nSPS) is 27.7. The van der Waals surface area contributed by atoms with Gasteiger partial charge >= 0.3 is 0 Å². The van der Waals surface area contributed by atoms with Gasteiger partial charge in [-0.2, -0.15) is 0 Å². The van der Waals surface area contributed by atoms with Crippen molar-refractivity contribution in [3.05, 3.63) is 0 Å². The van der Waals surface area contributed by atoms with Gasteiger partial charge in [-0.05, 0) is 25.9 Å². The maximum atomic E-state index is 11.6. The summed E-state index contributed by atoms with van der Waals surface area (Å²) in [5, 5.41) is 9.18. The molecule has 92 valence electrons. The molecule has 0 saturated carbocycles. The van der Waals surface area contributed by atoms with E-state index in [9.17, 15) is 9.90 Å². The van der Waals surface area contributed by atoms with E-state index < -0.39 is 0 Å². The number of carbonyl (C=O) groups excluding carboxylic acids is 1. The lowest BCUT2D eigenvalue weighted by molar-refractivity contribution is -0.150. The number of rotatable bonds is 4. The molecule has 2 aliphatic heterocycles. The molecular formula is C11H20N2O3. The number of amides is 1. The Morgan fingerprint density at radius 1 is 1.31 bits per heavy atom. The zero-order valence-electron chi connectivity index (χ0n) is 9.60. The van der Waals surface area contributed by atoms with E-state index in [0.717, 1.165) is 19.6 Å². The van der Waals surface area contributed by atoms with Gasteiger partial charge in [-0.1, -0.05) is 0 Å². The summed E-state index contributed by atoms with van der Waals surface area (Å²) in [6.45, 7) is 4.53. The summed E-state index contributed by atoms with van der Waals surface area (Å²) in [7, 11) is 0. The fraction of sp³-hybridized carbons (Fsp3) is 0.909. The predicted molar refractivity (Wildman–Crippen MR) is 59.1 cm³/mol. The lowest BCUT2D eigenvalue weighted by atomic mass is 10.2. The summed E-state index contributed by atoms with van der Waals surface area (Å²) in [4.78, 5) is 15.8. The van der Waals surface area contributed by atoms with E-state index in [2.05, 4.69) is 4.90 Å². The van der Waals surface area contributed by atoms with Crippen molar-refractivity contribution in [1.82, 2.24) is 9.80 Å². The van der Waals surface area contributed by atoms with Gasteiger partial charge in [-0.25, -0.2) is 0 Å². The molecule has 0 aromatic carbocycles. The van der Waals surface area contributed by atoms with Gasteiger partial charge in [-0.15, -0.1) is 0 Å². The summed E-state index contributed by atoms with van der Waals surface area (Å²) in [5.74, 6) is 0.00416. The van der Waals surface area contributed by atoms with Crippen LogP contribution in [-0.2, 0) is 9.53 Å². The summed E-state index contributed by atoms with van der Waals surface area (Å²) >= 11 is 0. The van der Waals surface area contributed by atoms with E-state index in [0.29, 0.717) is 13.2 Å². The molecule has 0 aliphatic carbocycles. The highest BCUT2D eigenvalue weighted by Crippen LogP contribution is 2.10. The third-order valence-electron chi connectivity index (χ3n) is 3.36. The number of aliphatic hydroxyl groups excluding tert-OH is 1. The van der Waals surface area contributed by atoms with Gasteiger partial charge in [0.2, 0.25) is 5.91 Å². The van der Waals surface area contributed by atoms with Crippen molar-refractivity contribution in [2.24, 2.45) is 0 Å². The van der Waals surface area contributed by atoms with Crippen LogP contribution in [0.4, 0.5) is 0 Å². The van der Waals surface area contributed by atoms with Gasteiger partial charge in [0.05, 0.1) is 19.3 Å². The molecule has 0 bridgehead atoms. The second-order valence-corrected chi connectivity index (χ2v) is 4.49. The average molecular weight is 228 g/mol. The van der Waals surface area contributed by atoms with Crippen LogP contribution in [0.15, 0.2) is 0 Å². The number of carbonyl (C=O) groups is 1. The minimum Gasteiger partial charge on any atom is -0.394 e. The van der Waals surface area contributed by atoms with Crippen LogP contribution in [0.5, 0.6) is 0 Å². The van der Waals surface area contributed by atoms with Crippen LogP contribution in [0.2, 0.25) is 0 Å². The van der Waals surface area contributed by atoms with Crippen LogP contribution in [0.1, 0.15) is 12.8 Å². The third-order valence-corrected chi connectivity index (χ3v) is 3.36. The molecule has 1 amide bonds. The lowest BCUT2D eigenvalue weighted by Gasteiger charge is -2.35. The summed E-state index contributed by atoms with van der Waals surface area (Å²) in [6, 6.07) is -0.149. The van der Waals surface area contributed by atoms with Gasteiger partial charge in [0, 0.05) is 13.1 Å². The fourth-order valence-electron chi connectivity index (χ4n) is 2.37. The highest BCUT2D eigenvalue weighted by Gasteiger charge is 2.28. The molecule has 0 spiro atoms. The second kappa shape index (κ2) is 5.61. The monoisotopic (exact) mass is 228 g/mol. The number of hydrogen-bond donors (Lipinski definition) is 1. The molecule has 1 atom stereocenters. The zero-order chi connectivity index (χ0) is 11.4. The van der Waals surface area contributed by atoms with Gasteiger partial charge in [-0.3, -0.25) is 4.79 Å². The van der Waals surface area contributed by atoms with Crippen LogP contribution in [0.3, 0.4) is 0 Å². The van der Waals surface area contributed by atoms with E-state index >= 15 is 0 Å². The molecule has 1 unspecified atom stereocenters. The minimum atomic E-state index is -0.149. The van der Waals surface area contributed by atoms with Crippen molar-refractivity contribution in [1.29, 1.82) is 0 Å². The van der Waals surface area contributed by atoms with Gasteiger partial charge < -0.3 is 19.6 Å². The Labute approximate surface area is 96.0 Å². The molecule has 2 rings (SSSR count). The van der Waals surface area contributed by atoms with Crippen LogP contribution >= 0.6 is 0 Å². The molecule has 1 N–H and O–H groups in total. The molecule has 5 nitrogen and oxygen atoms in total. The molecule has 2 saturated heterocycles. The van der Waals surface area contributed by atoms with E-state index in [1.165, 1.54) is 12.8 Å². The van der Waals surface area contributed by atoms with E-state index in [1.807, 2.05) is 0 Å². The van der Waals surface area contributed by atoms with Crippen molar-refractivity contribution in [3.8, 4) is 0 Å². The highest BCUT2D eigenvalue weighted by molar-refractivity contribution is 5.78. The number of aliphatic hydroxyl groups is 1. The Balaban J connectivity index is 1.82. The molecule has 0 aromatic heterocycles. The summed E-state index contributed by atoms with van der Waals surface area (Å²) in [6.07, 6.45) is 2.53. The standard InChI is InChI=1S/C11H20N2O3/c14-7-10-8-16-9-11(15)13(10)6-5-12-3-1-2-4-12/h10,14H,1-9H2. The van der Waals surface area contributed by atoms with Crippen molar-refractivity contribution < 1.29 is 14.6 Å². The Kier molecular flexibility index (Phi) is 4.15. The SMILES string of the molecule is O=C1COCC(CO)N1CCN1CCCC1. The number of morpholine rings is 1. The number of hydrogen-bond acceptors (Lipinski definition) is 4. The first kappa shape index (κ1) is 11.8. The maximum Gasteiger partial charge on any atom is 0.249 e. The topological polar surface area (TPSA) is 53.0 Å². The molecule has 2 heterocycles. The Morgan fingerprint density at radius 3 is 2.75 bits per heavy atom. The highest BCUT2D eigenvalue weighted by atomic mass is 16.5. The van der Waals surface area contributed by atoms with Gasteiger partial charge in [0.1, 0.15) is 6.61 Å². The first-order valence-electron chi connectivity index (χ1n) is 6.01. The average Bonchev–Trinajstić information content (AvgIpc) is 2.80. The predicted octanol–water partition coefficient (Wildman–Crippen LogP) is -0.698. The van der Waals surface area contributed by atoms with Crippen LogP contribution in [0, 0.1) is 0 Å². The van der Waals surface area contributed by atoms with E-state index in [-0.39, 0.29) is 25.2 Å².